The number of aliphatic hydroxyl groups is 1. The lowest BCUT2D eigenvalue weighted by molar-refractivity contribution is -0.153. The third kappa shape index (κ3) is 7.92. The molecule has 0 aliphatic carbocycles. The van der Waals surface area contributed by atoms with Gasteiger partial charge in [-0.05, 0) is 73.0 Å². The summed E-state index contributed by atoms with van der Waals surface area (Å²) in [7, 11) is -1.17. The van der Waals surface area contributed by atoms with Crippen LogP contribution in [0.1, 0.15) is 47.1 Å². The molecule has 3 heterocycles. The van der Waals surface area contributed by atoms with Gasteiger partial charge in [-0.3, -0.25) is 9.36 Å². The van der Waals surface area contributed by atoms with Crippen LogP contribution >= 0.6 is 0 Å². The number of aromatic amines is 1. The lowest BCUT2D eigenvalue weighted by Crippen LogP contribution is -2.43. The molecule has 2 aliphatic rings. The van der Waals surface area contributed by atoms with Gasteiger partial charge in [-0.25, -0.2) is 18.0 Å². The summed E-state index contributed by atoms with van der Waals surface area (Å²) in [5.74, 6) is -0.519. The maximum absolute atomic E-state index is 13.9. The van der Waals surface area contributed by atoms with Crippen molar-refractivity contribution < 1.29 is 42.1 Å². The highest BCUT2D eigenvalue weighted by Crippen LogP contribution is 2.34. The van der Waals surface area contributed by atoms with E-state index in [9.17, 15) is 27.9 Å². The van der Waals surface area contributed by atoms with E-state index in [1.807, 2.05) is 24.3 Å². The van der Waals surface area contributed by atoms with Crippen LogP contribution in [0.25, 0.3) is 11.0 Å². The third-order valence-corrected chi connectivity index (χ3v) is 11.4. The first-order valence-corrected chi connectivity index (χ1v) is 18.5. The molecule has 2 N–H and O–H groups in total. The van der Waals surface area contributed by atoms with E-state index >= 15 is 0 Å². The second kappa shape index (κ2) is 16.2. The van der Waals surface area contributed by atoms with Crippen molar-refractivity contribution in [3.63, 3.8) is 0 Å². The van der Waals surface area contributed by atoms with Crippen molar-refractivity contribution in [3.8, 4) is 5.75 Å². The number of sulfonamides is 1. The molecule has 52 heavy (non-hydrogen) atoms. The molecule has 276 valence electrons. The summed E-state index contributed by atoms with van der Waals surface area (Å²) < 4.78 is 51.9. The Morgan fingerprint density at radius 3 is 2.37 bits per heavy atom. The third-order valence-electron chi connectivity index (χ3n) is 9.46. The molecule has 0 bridgehead atoms. The SMILES string of the molecule is COC(=O)c1ccc([C@H]2C=C(C(=O)N3CCC(n4c(=O)[nH]c5ccccc54)CC3)O[C@@H](OCCN(CCO)S(=O)(=O)c3ccc(OC)cc3)C2)cc1. The summed E-state index contributed by atoms with van der Waals surface area (Å²) in [6, 6.07) is 20.3. The molecule has 6 rings (SSSR count). The summed E-state index contributed by atoms with van der Waals surface area (Å²) in [4.78, 5) is 43.4. The minimum Gasteiger partial charge on any atom is -0.497 e. The van der Waals surface area contributed by atoms with Crippen molar-refractivity contribution in [2.45, 2.75) is 42.4 Å². The van der Waals surface area contributed by atoms with Crippen molar-refractivity contribution in [2.75, 3.05) is 53.6 Å². The number of carbonyl (C=O) groups excluding carboxylic acids is 2. The van der Waals surface area contributed by atoms with Crippen molar-refractivity contribution in [3.05, 3.63) is 106 Å². The standard InChI is InChI=1S/C37H42N4O10S/c1-48-29-11-13-30(14-12-29)52(46,47)40(19-21-42)20-22-50-34-24-27(25-7-9-26(10-8-25)36(44)49-2)23-33(51-34)35(43)39-17-15-28(16-18-39)41-32-6-4-3-5-31(32)38-37(41)45/h3-14,23,27-28,34,42H,15-22,24H2,1-2H3,(H,38,45)/t27-,34+/m0/s1. The Labute approximate surface area is 301 Å². The van der Waals surface area contributed by atoms with E-state index in [0.29, 0.717) is 43.7 Å². The molecule has 14 nitrogen and oxygen atoms in total. The summed E-state index contributed by atoms with van der Waals surface area (Å²) >= 11 is 0. The zero-order valence-corrected chi connectivity index (χ0v) is 29.8. The normalized spacial score (nSPS) is 18.2. The molecule has 0 radical (unpaired) electrons. The Bertz CT molecular complexity index is 2070. The maximum atomic E-state index is 13.9. The minimum absolute atomic E-state index is 0.0419. The van der Waals surface area contributed by atoms with Crippen molar-refractivity contribution >= 4 is 32.9 Å². The molecule has 0 saturated carbocycles. The van der Waals surface area contributed by atoms with Crippen LogP contribution in [0, 0.1) is 0 Å². The second-order valence-corrected chi connectivity index (χ2v) is 14.5. The van der Waals surface area contributed by atoms with Crippen LogP contribution in [0.15, 0.2) is 94.3 Å². The Morgan fingerprint density at radius 2 is 1.69 bits per heavy atom. The number of nitrogens with one attached hydrogen (secondary N) is 1. The predicted octanol–water partition coefficient (Wildman–Crippen LogP) is 3.40. The Hall–Kier alpha value is -4.96. The number of hydrogen-bond acceptors (Lipinski definition) is 10. The van der Waals surface area contributed by atoms with E-state index in [4.69, 9.17) is 18.9 Å². The number of esters is 1. The molecule has 1 aromatic heterocycles. The number of aromatic nitrogens is 2. The zero-order valence-electron chi connectivity index (χ0n) is 29.0. The lowest BCUT2D eigenvalue weighted by Gasteiger charge is -2.35. The summed E-state index contributed by atoms with van der Waals surface area (Å²) in [6.07, 6.45) is 2.30. The molecular weight excluding hydrogens is 692 g/mol. The quantitative estimate of drug-likeness (QED) is 0.194. The minimum atomic E-state index is -3.97. The van der Waals surface area contributed by atoms with Crippen molar-refractivity contribution in [1.82, 2.24) is 18.8 Å². The Morgan fingerprint density at radius 1 is 0.981 bits per heavy atom. The van der Waals surface area contributed by atoms with Crippen LogP contribution in [0.5, 0.6) is 5.75 Å². The lowest BCUT2D eigenvalue weighted by atomic mass is 9.92. The number of amides is 1. The Balaban J connectivity index is 1.16. The fourth-order valence-electron chi connectivity index (χ4n) is 6.69. The zero-order chi connectivity index (χ0) is 36.8. The average Bonchev–Trinajstić information content (AvgIpc) is 3.52. The Kier molecular flexibility index (Phi) is 11.4. The fraction of sp³-hybridized carbons (Fsp3) is 0.378. The highest BCUT2D eigenvalue weighted by atomic mass is 32.2. The van der Waals surface area contributed by atoms with Gasteiger partial charge in [-0.1, -0.05) is 24.3 Å². The number of allylic oxidation sites excluding steroid dienone is 1. The number of imidazole rings is 1. The fourth-order valence-corrected chi connectivity index (χ4v) is 8.11. The summed E-state index contributed by atoms with van der Waals surface area (Å²) in [5.41, 5.74) is 2.61. The number of methoxy groups -OCH3 is 2. The topological polar surface area (TPSA) is 170 Å². The number of aliphatic hydroxyl groups excluding tert-OH is 1. The van der Waals surface area contributed by atoms with E-state index in [0.717, 1.165) is 20.9 Å². The second-order valence-electron chi connectivity index (χ2n) is 12.5. The van der Waals surface area contributed by atoms with Gasteiger partial charge in [0.05, 0.1) is 48.9 Å². The molecule has 2 aliphatic heterocycles. The number of fused-ring (bicyclic) bond motifs is 1. The monoisotopic (exact) mass is 734 g/mol. The number of nitrogens with zero attached hydrogens (tertiary/aromatic N) is 3. The number of piperidine rings is 1. The number of rotatable bonds is 13. The highest BCUT2D eigenvalue weighted by molar-refractivity contribution is 7.89. The molecule has 1 fully saturated rings. The smallest absolute Gasteiger partial charge is 0.337 e. The first kappa shape index (κ1) is 36.8. The van der Waals surface area contributed by atoms with Gasteiger partial charge < -0.3 is 33.9 Å². The van der Waals surface area contributed by atoms with Crippen LogP contribution in [0.4, 0.5) is 0 Å². The molecule has 1 amide bonds. The van der Waals surface area contributed by atoms with E-state index in [-0.39, 0.29) is 53.9 Å². The van der Waals surface area contributed by atoms with Gasteiger partial charge in [0.15, 0.2) is 5.76 Å². The first-order chi connectivity index (χ1) is 25.1. The molecule has 0 unspecified atom stereocenters. The van der Waals surface area contributed by atoms with E-state index in [2.05, 4.69) is 4.98 Å². The van der Waals surface area contributed by atoms with Gasteiger partial charge in [0, 0.05) is 44.6 Å². The average molecular weight is 735 g/mol. The molecule has 2 atom stereocenters. The number of hydrogen-bond donors (Lipinski definition) is 2. The van der Waals surface area contributed by atoms with Gasteiger partial charge >= 0.3 is 11.7 Å². The largest absolute Gasteiger partial charge is 0.497 e. The molecule has 4 aromatic rings. The van der Waals surface area contributed by atoms with E-state index in [1.54, 1.807) is 51.9 Å². The molecule has 3 aromatic carbocycles. The van der Waals surface area contributed by atoms with Gasteiger partial charge in [0.1, 0.15) is 5.75 Å². The molecule has 0 spiro atoms. The predicted molar refractivity (Wildman–Crippen MR) is 190 cm³/mol. The maximum Gasteiger partial charge on any atom is 0.337 e. The van der Waals surface area contributed by atoms with Crippen molar-refractivity contribution in [2.24, 2.45) is 0 Å². The number of ether oxygens (including phenoxy) is 4. The van der Waals surface area contributed by atoms with Gasteiger partial charge in [0.25, 0.3) is 5.91 Å². The summed E-state index contributed by atoms with van der Waals surface area (Å²) in [6.45, 7) is 0.0922. The number of likely N-dealkylation sites (tertiary alicyclic amines) is 1. The van der Waals surface area contributed by atoms with Crippen LogP contribution in [0.2, 0.25) is 0 Å². The van der Waals surface area contributed by atoms with Crippen molar-refractivity contribution in [1.29, 1.82) is 0 Å². The molecule has 15 heteroatoms. The van der Waals surface area contributed by atoms with E-state index < -0.39 is 28.9 Å². The van der Waals surface area contributed by atoms with E-state index in [1.165, 1.54) is 26.4 Å². The highest BCUT2D eigenvalue weighted by Gasteiger charge is 2.34. The van der Waals surface area contributed by atoms with Crippen LogP contribution in [-0.4, -0.2) is 104 Å². The molecule has 1 saturated heterocycles. The summed E-state index contributed by atoms with van der Waals surface area (Å²) in [5, 5.41) is 9.67. The molecular formula is C37H42N4O10S. The number of carbonyl (C=O) groups is 2. The number of benzene rings is 3. The number of H-pyrrole nitrogens is 1. The van der Waals surface area contributed by atoms with Crippen LogP contribution < -0.4 is 10.4 Å². The van der Waals surface area contributed by atoms with Gasteiger partial charge in [0.2, 0.25) is 16.3 Å². The first-order valence-electron chi connectivity index (χ1n) is 17.0. The van der Waals surface area contributed by atoms with Crippen LogP contribution in [-0.2, 0) is 29.0 Å². The van der Waals surface area contributed by atoms with Crippen LogP contribution in [0.3, 0.4) is 0 Å². The van der Waals surface area contributed by atoms with Gasteiger partial charge in [-0.2, -0.15) is 4.31 Å². The van der Waals surface area contributed by atoms with Gasteiger partial charge in [-0.15, -0.1) is 0 Å². The number of para-hydroxylation sites is 2.